The van der Waals surface area contributed by atoms with Gasteiger partial charge in [-0.1, -0.05) is 36.2 Å². The van der Waals surface area contributed by atoms with E-state index in [-0.39, 0.29) is 22.0 Å². The highest BCUT2D eigenvalue weighted by atomic mass is 35.5. The van der Waals surface area contributed by atoms with E-state index in [0.29, 0.717) is 30.1 Å². The number of nitrogens with one attached hydrogen (secondary N) is 1. The summed E-state index contributed by atoms with van der Waals surface area (Å²) in [6.45, 7) is 0.608. The first-order valence-electron chi connectivity index (χ1n) is 9.33. The molecule has 0 spiro atoms. The third-order valence-corrected chi connectivity index (χ3v) is 6.73. The molecule has 1 amide bonds. The highest BCUT2D eigenvalue weighted by Crippen LogP contribution is 2.37. The average molecular weight is 436 g/mol. The second-order valence-corrected chi connectivity index (χ2v) is 9.00. The number of carbonyl (C=O) groups excluding carboxylic acids is 1. The molecule has 0 radical (unpaired) electrons. The van der Waals surface area contributed by atoms with Gasteiger partial charge in [0, 0.05) is 25.1 Å². The summed E-state index contributed by atoms with van der Waals surface area (Å²) in [6.07, 6.45) is 3.38. The Morgan fingerprint density at radius 3 is 2.79 bits per heavy atom. The van der Waals surface area contributed by atoms with Crippen LogP contribution in [0.5, 0.6) is 0 Å². The lowest BCUT2D eigenvalue weighted by Crippen LogP contribution is -2.35. The van der Waals surface area contributed by atoms with Gasteiger partial charge in [-0.3, -0.25) is 4.79 Å². The molecule has 4 rings (SSSR count). The Balaban J connectivity index is 1.66. The Morgan fingerprint density at radius 1 is 1.21 bits per heavy atom. The Bertz CT molecular complexity index is 1120. The molecule has 2 heterocycles. The number of hydrogen-bond acceptors (Lipinski definition) is 4. The molecule has 152 valence electrons. The van der Waals surface area contributed by atoms with E-state index in [0.717, 1.165) is 19.3 Å². The van der Waals surface area contributed by atoms with Crippen molar-refractivity contribution in [3.63, 3.8) is 0 Å². The molecule has 2 aromatic carbocycles. The number of halogens is 2. The van der Waals surface area contributed by atoms with Gasteiger partial charge in [0.25, 0.3) is 15.9 Å². The maximum absolute atomic E-state index is 13.8. The minimum absolute atomic E-state index is 0.0128. The first kappa shape index (κ1) is 19.8. The zero-order chi connectivity index (χ0) is 20.6. The Kier molecular flexibility index (Phi) is 5.31. The number of hydrogen-bond donors (Lipinski definition) is 1. The standard InChI is InChI=1S/C20H19ClFN3O3S/c21-15-11-17-18(29(27,28)24-19-8-2-1-5-9-25(17)19)10-14(15)20(26)23-12-13-6-3-4-7-16(13)22/h3-4,6-7,10-11H,1-2,5,8-9,12H2,(H,23,26). The molecule has 2 aliphatic rings. The normalized spacial score (nSPS) is 17.6. The van der Waals surface area contributed by atoms with Crippen LogP contribution in [0.2, 0.25) is 5.02 Å². The number of amidine groups is 1. The van der Waals surface area contributed by atoms with E-state index < -0.39 is 21.7 Å². The van der Waals surface area contributed by atoms with E-state index >= 15 is 0 Å². The van der Waals surface area contributed by atoms with Crippen LogP contribution < -0.4 is 10.2 Å². The van der Waals surface area contributed by atoms with Crippen molar-refractivity contribution in [3.05, 3.63) is 58.4 Å². The molecule has 1 saturated heterocycles. The molecule has 1 N–H and O–H groups in total. The molecule has 0 unspecified atom stereocenters. The zero-order valence-electron chi connectivity index (χ0n) is 15.5. The predicted octanol–water partition coefficient (Wildman–Crippen LogP) is 3.89. The third kappa shape index (κ3) is 3.86. The fraction of sp³-hybridized carbons (Fsp3) is 0.300. The third-order valence-electron chi connectivity index (χ3n) is 5.08. The summed E-state index contributed by atoms with van der Waals surface area (Å²) in [5, 5.41) is 2.72. The molecular weight excluding hydrogens is 417 g/mol. The highest BCUT2D eigenvalue weighted by Gasteiger charge is 2.33. The van der Waals surface area contributed by atoms with Gasteiger partial charge >= 0.3 is 0 Å². The largest absolute Gasteiger partial charge is 0.348 e. The Morgan fingerprint density at radius 2 is 2.00 bits per heavy atom. The fourth-order valence-electron chi connectivity index (χ4n) is 3.58. The topological polar surface area (TPSA) is 78.8 Å². The van der Waals surface area contributed by atoms with Crippen molar-refractivity contribution in [2.24, 2.45) is 4.40 Å². The molecule has 6 nitrogen and oxygen atoms in total. The molecule has 0 saturated carbocycles. The summed E-state index contributed by atoms with van der Waals surface area (Å²) in [7, 11) is -3.93. The molecule has 2 aromatic rings. The van der Waals surface area contributed by atoms with Crippen LogP contribution in [0, 0.1) is 5.82 Å². The molecule has 29 heavy (non-hydrogen) atoms. The SMILES string of the molecule is O=C(NCc1ccccc1F)c1cc2c(cc1Cl)N1CCCCCC1=NS2(=O)=O. The minimum Gasteiger partial charge on any atom is -0.348 e. The van der Waals surface area contributed by atoms with Crippen LogP contribution in [0.25, 0.3) is 0 Å². The van der Waals surface area contributed by atoms with Crippen molar-refractivity contribution in [2.45, 2.75) is 37.1 Å². The van der Waals surface area contributed by atoms with Crippen LogP contribution in [0.1, 0.15) is 41.6 Å². The number of amides is 1. The van der Waals surface area contributed by atoms with E-state index in [4.69, 9.17) is 11.6 Å². The van der Waals surface area contributed by atoms with Crippen LogP contribution in [-0.4, -0.2) is 26.7 Å². The lowest BCUT2D eigenvalue weighted by molar-refractivity contribution is 0.0950. The van der Waals surface area contributed by atoms with Gasteiger partial charge in [-0.2, -0.15) is 8.42 Å². The van der Waals surface area contributed by atoms with Gasteiger partial charge in [0.05, 0.1) is 16.3 Å². The number of nitrogens with zero attached hydrogens (tertiary/aromatic N) is 2. The van der Waals surface area contributed by atoms with Gasteiger partial charge < -0.3 is 10.2 Å². The van der Waals surface area contributed by atoms with E-state index in [9.17, 15) is 17.6 Å². The van der Waals surface area contributed by atoms with Gasteiger partial charge in [-0.25, -0.2) is 4.39 Å². The summed E-state index contributed by atoms with van der Waals surface area (Å²) in [4.78, 5) is 14.5. The van der Waals surface area contributed by atoms with Crippen molar-refractivity contribution >= 4 is 39.1 Å². The maximum Gasteiger partial charge on any atom is 0.286 e. The maximum atomic E-state index is 13.8. The molecule has 0 bridgehead atoms. The zero-order valence-corrected chi connectivity index (χ0v) is 17.1. The average Bonchev–Trinajstić information content (AvgIpc) is 2.91. The van der Waals surface area contributed by atoms with Crippen LogP contribution in [0.15, 0.2) is 45.7 Å². The van der Waals surface area contributed by atoms with Crippen LogP contribution in [0.3, 0.4) is 0 Å². The van der Waals surface area contributed by atoms with Crippen molar-refractivity contribution < 1.29 is 17.6 Å². The van der Waals surface area contributed by atoms with E-state index in [1.165, 1.54) is 18.2 Å². The first-order chi connectivity index (χ1) is 13.9. The molecule has 1 fully saturated rings. The first-order valence-corrected chi connectivity index (χ1v) is 11.1. The highest BCUT2D eigenvalue weighted by molar-refractivity contribution is 7.90. The van der Waals surface area contributed by atoms with E-state index in [2.05, 4.69) is 9.71 Å². The summed E-state index contributed by atoms with van der Waals surface area (Å²) in [6, 6.07) is 8.85. The van der Waals surface area contributed by atoms with Crippen molar-refractivity contribution in [1.82, 2.24) is 5.32 Å². The summed E-state index contributed by atoms with van der Waals surface area (Å²) >= 11 is 6.34. The monoisotopic (exact) mass is 435 g/mol. The molecule has 0 aromatic heterocycles. The Labute approximate surface area is 173 Å². The number of rotatable bonds is 3. The van der Waals surface area contributed by atoms with Gasteiger partial charge in [0.2, 0.25) is 0 Å². The molecule has 2 aliphatic heterocycles. The number of benzene rings is 2. The number of anilines is 1. The molecule has 9 heteroatoms. The van der Waals surface area contributed by atoms with Gasteiger partial charge in [0.15, 0.2) is 0 Å². The van der Waals surface area contributed by atoms with Gasteiger partial charge in [-0.05, 0) is 31.0 Å². The van der Waals surface area contributed by atoms with E-state index in [1.54, 1.807) is 18.2 Å². The van der Waals surface area contributed by atoms with Crippen LogP contribution in [-0.2, 0) is 16.6 Å². The van der Waals surface area contributed by atoms with Crippen molar-refractivity contribution in [2.75, 3.05) is 11.4 Å². The summed E-state index contributed by atoms with van der Waals surface area (Å²) < 4.78 is 43.1. The molecule has 0 aliphatic carbocycles. The van der Waals surface area contributed by atoms with Gasteiger partial charge in [-0.15, -0.1) is 4.40 Å². The fourth-order valence-corrected chi connectivity index (χ4v) is 5.09. The quantitative estimate of drug-likeness (QED) is 0.793. The number of fused-ring (bicyclic) bond motifs is 3. The second kappa shape index (κ2) is 7.76. The smallest absolute Gasteiger partial charge is 0.286 e. The van der Waals surface area contributed by atoms with Crippen LogP contribution >= 0.6 is 11.6 Å². The number of carbonyl (C=O) groups is 1. The summed E-state index contributed by atoms with van der Waals surface area (Å²) in [5.74, 6) is -0.500. The van der Waals surface area contributed by atoms with Crippen molar-refractivity contribution in [1.29, 1.82) is 0 Å². The van der Waals surface area contributed by atoms with E-state index in [1.807, 2.05) is 4.90 Å². The van der Waals surface area contributed by atoms with Crippen molar-refractivity contribution in [3.8, 4) is 0 Å². The number of sulfonamides is 1. The predicted molar refractivity (Wildman–Crippen MR) is 109 cm³/mol. The minimum atomic E-state index is -3.93. The second-order valence-electron chi connectivity index (χ2n) is 7.02. The summed E-state index contributed by atoms with van der Waals surface area (Å²) in [5.41, 5.74) is 0.785. The van der Waals surface area contributed by atoms with Crippen LogP contribution in [0.4, 0.5) is 10.1 Å². The lowest BCUT2D eigenvalue weighted by Gasteiger charge is -2.30. The molecule has 0 atom stereocenters. The Hall–Kier alpha value is -2.45. The molecular formula is C20H19ClFN3O3S. The lowest BCUT2D eigenvalue weighted by atomic mass is 10.1. The van der Waals surface area contributed by atoms with Gasteiger partial charge in [0.1, 0.15) is 16.5 Å².